The third-order valence-corrected chi connectivity index (χ3v) is 4.63. The average Bonchev–Trinajstić information content (AvgIpc) is 3.30. The largest absolute Gasteiger partial charge is 0.370 e. The van der Waals surface area contributed by atoms with Crippen LogP contribution in [0.25, 0.3) is 0 Å². The van der Waals surface area contributed by atoms with Gasteiger partial charge in [0.2, 0.25) is 0 Å². The van der Waals surface area contributed by atoms with E-state index in [9.17, 15) is 4.39 Å². The van der Waals surface area contributed by atoms with E-state index < -0.39 is 0 Å². The molecular weight excluding hydrogens is 289 g/mol. The Kier molecular flexibility index (Phi) is 4.07. The summed E-state index contributed by atoms with van der Waals surface area (Å²) in [4.78, 5) is 4.44. The van der Waals surface area contributed by atoms with Crippen LogP contribution in [0, 0.1) is 19.7 Å². The molecule has 2 aromatic rings. The SMILES string of the molecule is Cc1ccc(NC(N)=NCC2(c3ccccc3F)CC2)cc1C. The highest BCUT2D eigenvalue weighted by Crippen LogP contribution is 2.49. The number of guanidine groups is 1. The van der Waals surface area contributed by atoms with E-state index in [2.05, 4.69) is 24.2 Å². The van der Waals surface area contributed by atoms with Gasteiger partial charge in [-0.25, -0.2) is 4.39 Å². The molecule has 3 rings (SSSR count). The maximum Gasteiger partial charge on any atom is 0.193 e. The van der Waals surface area contributed by atoms with E-state index in [-0.39, 0.29) is 11.2 Å². The molecule has 0 heterocycles. The highest BCUT2D eigenvalue weighted by atomic mass is 19.1. The lowest BCUT2D eigenvalue weighted by Gasteiger charge is -2.15. The van der Waals surface area contributed by atoms with E-state index in [1.165, 1.54) is 17.2 Å². The number of anilines is 1. The average molecular weight is 311 g/mol. The number of nitrogens with zero attached hydrogens (tertiary/aromatic N) is 1. The predicted molar refractivity (Wildman–Crippen MR) is 93.3 cm³/mol. The summed E-state index contributed by atoms with van der Waals surface area (Å²) in [6.07, 6.45) is 1.91. The number of benzene rings is 2. The fourth-order valence-electron chi connectivity index (χ4n) is 2.80. The van der Waals surface area contributed by atoms with Gasteiger partial charge in [0.15, 0.2) is 5.96 Å². The van der Waals surface area contributed by atoms with Crippen molar-refractivity contribution in [1.29, 1.82) is 0 Å². The summed E-state index contributed by atoms with van der Waals surface area (Å²) in [6.45, 7) is 4.64. The van der Waals surface area contributed by atoms with Crippen molar-refractivity contribution in [3.8, 4) is 0 Å². The molecule has 23 heavy (non-hydrogen) atoms. The molecule has 1 aliphatic rings. The van der Waals surface area contributed by atoms with Crippen LogP contribution in [0.15, 0.2) is 47.5 Å². The van der Waals surface area contributed by atoms with Gasteiger partial charge in [0.1, 0.15) is 5.82 Å². The maximum atomic E-state index is 14.0. The first kappa shape index (κ1) is 15.5. The smallest absolute Gasteiger partial charge is 0.193 e. The van der Waals surface area contributed by atoms with Gasteiger partial charge in [0, 0.05) is 11.1 Å². The van der Waals surface area contributed by atoms with Crippen LogP contribution in [-0.2, 0) is 5.41 Å². The molecule has 0 saturated heterocycles. The molecule has 120 valence electrons. The number of halogens is 1. The molecule has 1 aliphatic carbocycles. The standard InChI is InChI=1S/C19H22FN3/c1-13-7-8-15(11-14(13)2)23-18(21)22-12-19(9-10-19)16-5-3-4-6-17(16)20/h3-8,11H,9-10,12H2,1-2H3,(H3,21,22,23). The highest BCUT2D eigenvalue weighted by Gasteiger charge is 2.45. The summed E-state index contributed by atoms with van der Waals surface area (Å²) in [5.41, 5.74) is 9.92. The molecule has 3 nitrogen and oxygen atoms in total. The van der Waals surface area contributed by atoms with Crippen LogP contribution in [0.4, 0.5) is 10.1 Å². The Balaban J connectivity index is 1.70. The molecule has 0 radical (unpaired) electrons. The number of hydrogen-bond donors (Lipinski definition) is 2. The van der Waals surface area contributed by atoms with E-state index in [1.807, 2.05) is 30.3 Å². The summed E-state index contributed by atoms with van der Waals surface area (Å²) in [6, 6.07) is 13.0. The van der Waals surface area contributed by atoms with E-state index >= 15 is 0 Å². The molecule has 1 saturated carbocycles. The molecule has 2 aromatic carbocycles. The molecule has 0 bridgehead atoms. The number of hydrogen-bond acceptors (Lipinski definition) is 1. The Bertz CT molecular complexity index is 748. The first-order chi connectivity index (χ1) is 11.0. The summed E-state index contributed by atoms with van der Waals surface area (Å²) >= 11 is 0. The van der Waals surface area contributed by atoms with Crippen molar-refractivity contribution in [2.45, 2.75) is 32.1 Å². The van der Waals surface area contributed by atoms with Crippen LogP contribution in [0.5, 0.6) is 0 Å². The van der Waals surface area contributed by atoms with Gasteiger partial charge in [-0.1, -0.05) is 24.3 Å². The quantitative estimate of drug-likeness (QED) is 0.664. The Morgan fingerprint density at radius 2 is 1.91 bits per heavy atom. The van der Waals surface area contributed by atoms with Crippen LogP contribution < -0.4 is 11.1 Å². The Hall–Kier alpha value is -2.36. The van der Waals surface area contributed by atoms with Crippen molar-refractivity contribution < 1.29 is 4.39 Å². The first-order valence-electron chi connectivity index (χ1n) is 7.89. The topological polar surface area (TPSA) is 50.4 Å². The number of aryl methyl sites for hydroxylation is 2. The van der Waals surface area contributed by atoms with Gasteiger partial charge < -0.3 is 11.1 Å². The number of aliphatic imine (C=N–C) groups is 1. The minimum atomic E-state index is -0.180. The van der Waals surface area contributed by atoms with Crippen LogP contribution >= 0.6 is 0 Å². The van der Waals surface area contributed by atoms with Crippen LogP contribution in [0.2, 0.25) is 0 Å². The second-order valence-corrected chi connectivity index (χ2v) is 6.39. The van der Waals surface area contributed by atoms with E-state index in [0.29, 0.717) is 12.5 Å². The van der Waals surface area contributed by atoms with Crippen molar-refractivity contribution in [1.82, 2.24) is 0 Å². The molecule has 0 aliphatic heterocycles. The lowest BCUT2D eigenvalue weighted by Crippen LogP contribution is -2.25. The molecular formula is C19H22FN3. The van der Waals surface area contributed by atoms with Gasteiger partial charge in [0.05, 0.1) is 6.54 Å². The number of nitrogens with one attached hydrogen (secondary N) is 1. The second-order valence-electron chi connectivity index (χ2n) is 6.39. The van der Waals surface area contributed by atoms with Gasteiger partial charge in [-0.05, 0) is 61.6 Å². The fourth-order valence-corrected chi connectivity index (χ4v) is 2.80. The normalized spacial score (nSPS) is 16.2. The predicted octanol–water partition coefficient (Wildman–Crippen LogP) is 3.90. The highest BCUT2D eigenvalue weighted by molar-refractivity contribution is 5.92. The summed E-state index contributed by atoms with van der Waals surface area (Å²) in [5.74, 6) is 0.219. The summed E-state index contributed by atoms with van der Waals surface area (Å²) in [7, 11) is 0. The molecule has 0 amide bonds. The van der Waals surface area contributed by atoms with Crippen molar-refractivity contribution in [3.63, 3.8) is 0 Å². The van der Waals surface area contributed by atoms with Crippen molar-refractivity contribution in [2.75, 3.05) is 11.9 Å². The second kappa shape index (κ2) is 6.03. The van der Waals surface area contributed by atoms with Crippen LogP contribution in [-0.4, -0.2) is 12.5 Å². The van der Waals surface area contributed by atoms with Crippen molar-refractivity contribution in [3.05, 3.63) is 65.0 Å². The van der Waals surface area contributed by atoms with E-state index in [0.717, 1.165) is 24.1 Å². The van der Waals surface area contributed by atoms with Gasteiger partial charge in [0.25, 0.3) is 0 Å². The van der Waals surface area contributed by atoms with E-state index in [4.69, 9.17) is 5.73 Å². The zero-order chi connectivity index (χ0) is 16.4. The van der Waals surface area contributed by atoms with E-state index in [1.54, 1.807) is 6.07 Å². The molecule has 1 fully saturated rings. The van der Waals surface area contributed by atoms with Crippen molar-refractivity contribution in [2.24, 2.45) is 10.7 Å². The summed E-state index contributed by atoms with van der Waals surface area (Å²) < 4.78 is 14.0. The molecule has 3 N–H and O–H groups in total. The lowest BCUT2D eigenvalue weighted by atomic mass is 9.95. The van der Waals surface area contributed by atoms with Gasteiger partial charge in [-0.3, -0.25) is 4.99 Å². The minimum absolute atomic E-state index is 0.152. The number of nitrogens with two attached hydrogens (primary N) is 1. The van der Waals surface area contributed by atoms with Gasteiger partial charge in [-0.15, -0.1) is 0 Å². The third kappa shape index (κ3) is 3.36. The summed E-state index contributed by atoms with van der Waals surface area (Å²) in [5, 5.41) is 3.11. The minimum Gasteiger partial charge on any atom is -0.370 e. The molecule has 0 spiro atoms. The van der Waals surface area contributed by atoms with Gasteiger partial charge in [-0.2, -0.15) is 0 Å². The molecule has 4 heteroatoms. The fraction of sp³-hybridized carbons (Fsp3) is 0.316. The molecule has 0 unspecified atom stereocenters. The zero-order valence-electron chi connectivity index (χ0n) is 13.6. The van der Waals surface area contributed by atoms with Gasteiger partial charge >= 0.3 is 0 Å². The first-order valence-corrected chi connectivity index (χ1v) is 7.89. The molecule has 0 atom stereocenters. The Labute approximate surface area is 136 Å². The monoisotopic (exact) mass is 311 g/mol. The van der Waals surface area contributed by atoms with Crippen molar-refractivity contribution >= 4 is 11.6 Å². The third-order valence-electron chi connectivity index (χ3n) is 4.63. The maximum absolute atomic E-state index is 14.0. The Morgan fingerprint density at radius 3 is 2.57 bits per heavy atom. The van der Waals surface area contributed by atoms with Crippen LogP contribution in [0.1, 0.15) is 29.5 Å². The zero-order valence-corrected chi connectivity index (χ0v) is 13.6. The molecule has 0 aromatic heterocycles. The van der Waals surface area contributed by atoms with Crippen LogP contribution in [0.3, 0.4) is 0 Å². The lowest BCUT2D eigenvalue weighted by molar-refractivity contribution is 0.573. The Morgan fingerprint density at radius 1 is 1.17 bits per heavy atom. The number of rotatable bonds is 4.